The first-order chi connectivity index (χ1) is 15.7. The second-order valence-electron chi connectivity index (χ2n) is 9.26. The van der Waals surface area contributed by atoms with Crippen LogP contribution in [-0.2, 0) is 5.41 Å². The summed E-state index contributed by atoms with van der Waals surface area (Å²) in [5, 5.41) is 5.20. The summed E-state index contributed by atoms with van der Waals surface area (Å²) in [4.78, 5) is 4.76. The maximum atomic E-state index is 4.76. The normalized spacial score (nSPS) is 14.2. The standard InChI is InChI=1S/C30H22N2/c1-30(2)27-20-10-4-3-9-19(20)14-15-22(27)23-16-17-24-21-11-5-6-12-25(21)32(29(24)28(23)30)26-13-7-8-18-31-26/h3-18H,1-2H3. The number of rotatable bonds is 1. The molecule has 0 bridgehead atoms. The molecule has 4 aromatic carbocycles. The van der Waals surface area contributed by atoms with Crippen LogP contribution in [0.1, 0.15) is 25.0 Å². The van der Waals surface area contributed by atoms with Crippen LogP contribution in [0.3, 0.4) is 0 Å². The lowest BCUT2D eigenvalue weighted by Gasteiger charge is -2.25. The van der Waals surface area contributed by atoms with E-state index in [4.69, 9.17) is 4.98 Å². The molecule has 2 heteroatoms. The number of para-hydroxylation sites is 1. The number of hydrogen-bond donors (Lipinski definition) is 0. The SMILES string of the molecule is CC1(C)c2c(ccc3ccccc23)-c2ccc3c4ccccc4n(-c4ccccn4)c3c21. The van der Waals surface area contributed by atoms with Crippen molar-refractivity contribution in [3.8, 4) is 16.9 Å². The number of benzene rings is 4. The molecule has 0 saturated heterocycles. The molecular weight excluding hydrogens is 388 g/mol. The summed E-state index contributed by atoms with van der Waals surface area (Å²) < 4.78 is 2.36. The van der Waals surface area contributed by atoms with Crippen molar-refractivity contribution in [3.05, 3.63) is 108 Å². The van der Waals surface area contributed by atoms with Crippen molar-refractivity contribution in [2.45, 2.75) is 19.3 Å². The van der Waals surface area contributed by atoms with Crippen LogP contribution < -0.4 is 0 Å². The fourth-order valence-electron chi connectivity index (χ4n) is 5.93. The van der Waals surface area contributed by atoms with Gasteiger partial charge in [-0.25, -0.2) is 4.98 Å². The Hall–Kier alpha value is -3.91. The molecule has 0 spiro atoms. The molecule has 152 valence electrons. The van der Waals surface area contributed by atoms with Crippen LogP contribution in [0.25, 0.3) is 49.5 Å². The fraction of sp³-hybridized carbons (Fsp3) is 0.100. The number of hydrogen-bond acceptors (Lipinski definition) is 1. The molecule has 0 N–H and O–H groups in total. The first kappa shape index (κ1) is 17.7. The minimum atomic E-state index is -0.133. The van der Waals surface area contributed by atoms with Crippen LogP contribution in [-0.4, -0.2) is 9.55 Å². The summed E-state index contributed by atoms with van der Waals surface area (Å²) in [6, 6.07) is 32.8. The lowest BCUT2D eigenvalue weighted by molar-refractivity contribution is 0.669. The lowest BCUT2D eigenvalue weighted by Crippen LogP contribution is -2.17. The van der Waals surface area contributed by atoms with Crippen LogP contribution in [0.2, 0.25) is 0 Å². The monoisotopic (exact) mass is 410 g/mol. The van der Waals surface area contributed by atoms with E-state index in [1.54, 1.807) is 0 Å². The van der Waals surface area contributed by atoms with Gasteiger partial charge in [0.25, 0.3) is 0 Å². The van der Waals surface area contributed by atoms with Gasteiger partial charge in [0.15, 0.2) is 0 Å². The third-order valence-electron chi connectivity index (χ3n) is 7.18. The molecule has 0 atom stereocenters. The fourth-order valence-corrected chi connectivity index (χ4v) is 5.93. The molecule has 0 aliphatic heterocycles. The zero-order valence-electron chi connectivity index (χ0n) is 18.1. The highest BCUT2D eigenvalue weighted by Crippen LogP contribution is 2.54. The van der Waals surface area contributed by atoms with Gasteiger partial charge in [0, 0.05) is 22.4 Å². The predicted molar refractivity (Wildman–Crippen MR) is 134 cm³/mol. The average molecular weight is 411 g/mol. The molecule has 0 radical (unpaired) electrons. The van der Waals surface area contributed by atoms with Gasteiger partial charge < -0.3 is 0 Å². The summed E-state index contributed by atoms with van der Waals surface area (Å²) in [7, 11) is 0. The van der Waals surface area contributed by atoms with Crippen LogP contribution >= 0.6 is 0 Å². The number of nitrogens with zero attached hydrogens (tertiary/aromatic N) is 2. The van der Waals surface area contributed by atoms with Gasteiger partial charge in [-0.05, 0) is 51.2 Å². The quantitative estimate of drug-likeness (QED) is 0.272. The Labute approximate surface area is 186 Å². The molecule has 0 unspecified atom stereocenters. The Kier molecular flexibility index (Phi) is 3.37. The molecule has 0 fully saturated rings. The summed E-state index contributed by atoms with van der Waals surface area (Å²) in [6.45, 7) is 4.76. The zero-order valence-corrected chi connectivity index (χ0v) is 18.1. The summed E-state index contributed by atoms with van der Waals surface area (Å²) in [6.07, 6.45) is 1.88. The Balaban J connectivity index is 1.70. The van der Waals surface area contributed by atoms with Gasteiger partial charge in [-0.15, -0.1) is 0 Å². The van der Waals surface area contributed by atoms with Crippen molar-refractivity contribution in [2.75, 3.05) is 0 Å². The lowest BCUT2D eigenvalue weighted by atomic mass is 9.79. The van der Waals surface area contributed by atoms with Crippen molar-refractivity contribution in [2.24, 2.45) is 0 Å². The molecule has 1 aliphatic carbocycles. The number of aromatic nitrogens is 2. The Morgan fingerprint density at radius 3 is 2.19 bits per heavy atom. The topological polar surface area (TPSA) is 17.8 Å². The molecule has 2 nitrogen and oxygen atoms in total. The van der Waals surface area contributed by atoms with Gasteiger partial charge in [0.2, 0.25) is 0 Å². The third kappa shape index (κ3) is 2.12. The highest BCUT2D eigenvalue weighted by atomic mass is 15.1. The van der Waals surface area contributed by atoms with E-state index in [-0.39, 0.29) is 5.41 Å². The van der Waals surface area contributed by atoms with Gasteiger partial charge in [0.05, 0.1) is 11.0 Å². The van der Waals surface area contributed by atoms with E-state index in [2.05, 4.69) is 103 Å². The minimum absolute atomic E-state index is 0.133. The molecule has 2 heterocycles. The van der Waals surface area contributed by atoms with Gasteiger partial charge in [-0.3, -0.25) is 4.57 Å². The van der Waals surface area contributed by atoms with Crippen molar-refractivity contribution in [1.29, 1.82) is 0 Å². The Bertz CT molecular complexity index is 1690. The van der Waals surface area contributed by atoms with Crippen LogP contribution in [0.15, 0.2) is 97.2 Å². The van der Waals surface area contributed by atoms with E-state index in [1.807, 2.05) is 12.3 Å². The Morgan fingerprint density at radius 1 is 0.625 bits per heavy atom. The first-order valence-electron chi connectivity index (χ1n) is 11.2. The second-order valence-corrected chi connectivity index (χ2v) is 9.26. The van der Waals surface area contributed by atoms with E-state index in [0.717, 1.165) is 5.82 Å². The summed E-state index contributed by atoms with van der Waals surface area (Å²) in [5.74, 6) is 0.962. The highest BCUT2D eigenvalue weighted by Gasteiger charge is 2.39. The van der Waals surface area contributed by atoms with Crippen LogP contribution in [0, 0.1) is 0 Å². The van der Waals surface area contributed by atoms with Crippen LogP contribution in [0.5, 0.6) is 0 Å². The summed E-state index contributed by atoms with van der Waals surface area (Å²) in [5.41, 5.74) is 7.84. The molecule has 6 aromatic rings. The van der Waals surface area contributed by atoms with E-state index in [1.165, 1.54) is 54.8 Å². The van der Waals surface area contributed by atoms with Gasteiger partial charge in [0.1, 0.15) is 5.82 Å². The van der Waals surface area contributed by atoms with Crippen molar-refractivity contribution < 1.29 is 0 Å². The van der Waals surface area contributed by atoms with Gasteiger partial charge in [-0.1, -0.05) is 86.6 Å². The number of fused-ring (bicyclic) bond motifs is 9. The Morgan fingerprint density at radius 2 is 1.34 bits per heavy atom. The highest BCUT2D eigenvalue weighted by molar-refractivity contribution is 6.13. The van der Waals surface area contributed by atoms with Gasteiger partial charge in [-0.2, -0.15) is 0 Å². The van der Waals surface area contributed by atoms with Crippen LogP contribution in [0.4, 0.5) is 0 Å². The molecule has 2 aromatic heterocycles. The molecular formula is C30H22N2. The molecule has 32 heavy (non-hydrogen) atoms. The first-order valence-corrected chi connectivity index (χ1v) is 11.2. The minimum Gasteiger partial charge on any atom is -0.293 e. The zero-order chi connectivity index (χ0) is 21.4. The van der Waals surface area contributed by atoms with Crippen molar-refractivity contribution >= 4 is 32.6 Å². The van der Waals surface area contributed by atoms with E-state index in [9.17, 15) is 0 Å². The molecule has 0 amide bonds. The third-order valence-corrected chi connectivity index (χ3v) is 7.18. The molecule has 0 saturated carbocycles. The maximum Gasteiger partial charge on any atom is 0.137 e. The van der Waals surface area contributed by atoms with Crippen molar-refractivity contribution in [3.63, 3.8) is 0 Å². The number of pyridine rings is 1. The molecule has 1 aliphatic rings. The average Bonchev–Trinajstić information content (AvgIpc) is 3.29. The summed E-state index contributed by atoms with van der Waals surface area (Å²) >= 11 is 0. The maximum absolute atomic E-state index is 4.76. The second kappa shape index (κ2) is 6.08. The van der Waals surface area contributed by atoms with E-state index < -0.39 is 0 Å². The van der Waals surface area contributed by atoms with E-state index >= 15 is 0 Å². The smallest absolute Gasteiger partial charge is 0.137 e. The largest absolute Gasteiger partial charge is 0.293 e. The van der Waals surface area contributed by atoms with Gasteiger partial charge >= 0.3 is 0 Å². The molecule has 7 rings (SSSR count). The predicted octanol–water partition coefficient (Wildman–Crippen LogP) is 7.64. The van der Waals surface area contributed by atoms with Crippen molar-refractivity contribution in [1.82, 2.24) is 9.55 Å². The van der Waals surface area contributed by atoms with E-state index in [0.29, 0.717) is 0 Å².